The standard InChI is InChI=1S/C28H44F2N4O2/c1-20(2)32-15-17-33(18-16-32)23-8-6-10-28(29,30)21(23)19-25(35)34-13-11-27(3,12-14-34)26-31-22-7-4-5-9-24(22)36-26/h20-21,23H,4-19H2,1-3H3/t21-,23+/m1/s1. The number of hydrogen-bond donors (Lipinski definition) is 0. The van der Waals surface area contributed by atoms with E-state index in [-0.39, 0.29) is 30.2 Å². The SMILES string of the molecule is CC(C)N1CCN([C@H]2CCCC(F)(F)[C@@H]2CC(=O)N2CCC(C)(c3nc4c(o3)CCCC4)CC2)CC1. The summed E-state index contributed by atoms with van der Waals surface area (Å²) in [5, 5.41) is 0. The Labute approximate surface area is 214 Å². The summed E-state index contributed by atoms with van der Waals surface area (Å²) in [5.41, 5.74) is 0.914. The second kappa shape index (κ2) is 10.3. The number of piperazine rings is 1. The molecule has 1 saturated carbocycles. The van der Waals surface area contributed by atoms with Gasteiger partial charge in [0.05, 0.1) is 5.69 Å². The van der Waals surface area contributed by atoms with E-state index in [4.69, 9.17) is 9.40 Å². The van der Waals surface area contributed by atoms with Crippen molar-refractivity contribution in [3.05, 3.63) is 17.3 Å². The molecule has 0 unspecified atom stereocenters. The first-order valence-corrected chi connectivity index (χ1v) is 14.3. The summed E-state index contributed by atoms with van der Waals surface area (Å²) in [6.45, 7) is 11.2. The lowest BCUT2D eigenvalue weighted by Crippen LogP contribution is -2.58. The lowest BCUT2D eigenvalue weighted by atomic mass is 9.77. The van der Waals surface area contributed by atoms with Crippen LogP contribution in [0.5, 0.6) is 0 Å². The number of alkyl halides is 2. The molecular weight excluding hydrogens is 462 g/mol. The summed E-state index contributed by atoms with van der Waals surface area (Å²) >= 11 is 0. The fraction of sp³-hybridized carbons (Fsp3) is 0.857. The van der Waals surface area contributed by atoms with Crippen LogP contribution in [0.25, 0.3) is 0 Å². The summed E-state index contributed by atoms with van der Waals surface area (Å²) < 4.78 is 36.6. The molecule has 1 aromatic rings. The zero-order valence-electron chi connectivity index (χ0n) is 22.4. The van der Waals surface area contributed by atoms with Gasteiger partial charge in [0.2, 0.25) is 11.8 Å². The maximum atomic E-state index is 15.2. The molecule has 2 aliphatic carbocycles. The Bertz CT molecular complexity index is 893. The Morgan fingerprint density at radius 3 is 2.39 bits per heavy atom. The van der Waals surface area contributed by atoms with Crippen molar-refractivity contribution in [3.8, 4) is 0 Å². The van der Waals surface area contributed by atoms with Crippen LogP contribution in [-0.2, 0) is 23.1 Å². The van der Waals surface area contributed by atoms with E-state index >= 15 is 8.78 Å². The lowest BCUT2D eigenvalue weighted by Gasteiger charge is -2.47. The van der Waals surface area contributed by atoms with Crippen molar-refractivity contribution in [2.24, 2.45) is 5.92 Å². The maximum Gasteiger partial charge on any atom is 0.252 e. The Morgan fingerprint density at radius 2 is 1.72 bits per heavy atom. The van der Waals surface area contributed by atoms with E-state index in [1.165, 1.54) is 0 Å². The van der Waals surface area contributed by atoms with E-state index in [1.54, 1.807) is 0 Å². The first-order chi connectivity index (χ1) is 17.2. The molecule has 2 aliphatic heterocycles. The van der Waals surface area contributed by atoms with Gasteiger partial charge in [-0.15, -0.1) is 0 Å². The molecule has 5 rings (SSSR count). The fourth-order valence-electron chi connectivity index (χ4n) is 6.91. The molecule has 6 nitrogen and oxygen atoms in total. The molecule has 0 N–H and O–H groups in total. The number of nitrogens with zero attached hydrogens (tertiary/aromatic N) is 4. The molecule has 1 amide bonds. The molecule has 3 fully saturated rings. The molecule has 4 aliphatic rings. The highest BCUT2D eigenvalue weighted by Crippen LogP contribution is 2.44. The number of hydrogen-bond acceptors (Lipinski definition) is 5. The number of carbonyl (C=O) groups is 1. The molecule has 0 aromatic carbocycles. The first-order valence-electron chi connectivity index (χ1n) is 14.3. The lowest BCUT2D eigenvalue weighted by molar-refractivity contribution is -0.151. The van der Waals surface area contributed by atoms with Gasteiger partial charge in [-0.3, -0.25) is 14.6 Å². The highest BCUT2D eigenvalue weighted by Gasteiger charge is 2.50. The average Bonchev–Trinajstić information content (AvgIpc) is 3.31. The van der Waals surface area contributed by atoms with Crippen molar-refractivity contribution in [1.29, 1.82) is 0 Å². The van der Waals surface area contributed by atoms with Crippen LogP contribution in [0.15, 0.2) is 4.42 Å². The number of rotatable bonds is 5. The van der Waals surface area contributed by atoms with E-state index in [0.717, 1.165) is 88.5 Å². The normalized spacial score (nSPS) is 29.3. The zero-order chi connectivity index (χ0) is 25.5. The third-order valence-corrected chi connectivity index (χ3v) is 9.54. The quantitative estimate of drug-likeness (QED) is 0.582. The van der Waals surface area contributed by atoms with Gasteiger partial charge in [-0.2, -0.15) is 0 Å². The average molecular weight is 507 g/mol. The van der Waals surface area contributed by atoms with Gasteiger partial charge in [0.1, 0.15) is 5.76 Å². The van der Waals surface area contributed by atoms with Gasteiger partial charge in [-0.1, -0.05) is 6.92 Å². The van der Waals surface area contributed by atoms with Crippen LogP contribution in [0.2, 0.25) is 0 Å². The minimum absolute atomic E-state index is 0.0495. The van der Waals surface area contributed by atoms with Gasteiger partial charge >= 0.3 is 0 Å². The molecule has 2 atom stereocenters. The van der Waals surface area contributed by atoms with E-state index in [9.17, 15) is 4.79 Å². The number of halogens is 2. The van der Waals surface area contributed by atoms with Crippen molar-refractivity contribution in [2.75, 3.05) is 39.3 Å². The summed E-state index contributed by atoms with van der Waals surface area (Å²) in [4.78, 5) is 24.7. The van der Waals surface area contributed by atoms with Crippen molar-refractivity contribution in [2.45, 2.75) is 108 Å². The van der Waals surface area contributed by atoms with E-state index in [2.05, 4.69) is 30.6 Å². The van der Waals surface area contributed by atoms with E-state index < -0.39 is 11.8 Å². The monoisotopic (exact) mass is 506 g/mol. The van der Waals surface area contributed by atoms with Crippen LogP contribution < -0.4 is 0 Å². The predicted octanol–water partition coefficient (Wildman–Crippen LogP) is 4.65. The fourth-order valence-corrected chi connectivity index (χ4v) is 6.91. The molecule has 202 valence electrons. The summed E-state index contributed by atoms with van der Waals surface area (Å²) in [6.07, 6.45) is 6.96. The zero-order valence-corrected chi connectivity index (χ0v) is 22.4. The molecule has 8 heteroatoms. The minimum atomic E-state index is -2.78. The number of fused-ring (bicyclic) bond motifs is 1. The molecule has 2 saturated heterocycles. The Balaban J connectivity index is 1.21. The van der Waals surface area contributed by atoms with Crippen LogP contribution in [-0.4, -0.2) is 82.9 Å². The van der Waals surface area contributed by atoms with Gasteiger partial charge in [0.25, 0.3) is 5.92 Å². The van der Waals surface area contributed by atoms with Crippen molar-refractivity contribution in [3.63, 3.8) is 0 Å². The van der Waals surface area contributed by atoms with Crippen LogP contribution in [0, 0.1) is 5.92 Å². The summed E-state index contributed by atoms with van der Waals surface area (Å²) in [6, 6.07) is 0.268. The van der Waals surface area contributed by atoms with Crippen LogP contribution in [0.1, 0.15) is 89.5 Å². The maximum absolute atomic E-state index is 15.2. The molecule has 36 heavy (non-hydrogen) atoms. The van der Waals surface area contributed by atoms with E-state index in [0.29, 0.717) is 25.6 Å². The number of carbonyl (C=O) groups excluding carboxylic acids is 1. The van der Waals surface area contributed by atoms with Gasteiger partial charge in [-0.25, -0.2) is 13.8 Å². The van der Waals surface area contributed by atoms with Crippen molar-refractivity contribution in [1.82, 2.24) is 19.7 Å². The molecule has 0 spiro atoms. The van der Waals surface area contributed by atoms with Crippen molar-refractivity contribution < 1.29 is 18.0 Å². The third-order valence-electron chi connectivity index (χ3n) is 9.54. The van der Waals surface area contributed by atoms with Gasteiger partial charge < -0.3 is 9.32 Å². The summed E-state index contributed by atoms with van der Waals surface area (Å²) in [5.74, 6) is -1.94. The second-order valence-electron chi connectivity index (χ2n) is 12.2. The number of oxazole rings is 1. The molecule has 0 bridgehead atoms. The number of piperidine rings is 1. The van der Waals surface area contributed by atoms with E-state index in [1.807, 2.05) is 4.90 Å². The minimum Gasteiger partial charge on any atom is -0.445 e. The first kappa shape index (κ1) is 26.1. The molecular formula is C28H44F2N4O2. The smallest absolute Gasteiger partial charge is 0.252 e. The molecule has 1 aromatic heterocycles. The molecule has 0 radical (unpaired) electrons. The van der Waals surface area contributed by atoms with Gasteiger partial charge in [0.15, 0.2) is 0 Å². The van der Waals surface area contributed by atoms with Crippen LogP contribution in [0.4, 0.5) is 8.78 Å². The largest absolute Gasteiger partial charge is 0.445 e. The van der Waals surface area contributed by atoms with Crippen molar-refractivity contribution >= 4 is 5.91 Å². The Morgan fingerprint density at radius 1 is 1.03 bits per heavy atom. The molecule has 3 heterocycles. The third kappa shape index (κ3) is 5.22. The number of aromatic nitrogens is 1. The number of likely N-dealkylation sites (tertiary alicyclic amines) is 1. The summed E-state index contributed by atoms with van der Waals surface area (Å²) in [7, 11) is 0. The number of amides is 1. The Hall–Kier alpha value is -1.54. The topological polar surface area (TPSA) is 52.8 Å². The highest BCUT2D eigenvalue weighted by molar-refractivity contribution is 5.76. The van der Waals surface area contributed by atoms with Gasteiger partial charge in [-0.05, 0) is 58.8 Å². The number of aryl methyl sites for hydroxylation is 2. The second-order valence-corrected chi connectivity index (χ2v) is 12.2. The highest BCUT2D eigenvalue weighted by atomic mass is 19.3. The predicted molar refractivity (Wildman–Crippen MR) is 135 cm³/mol. The Kier molecular flexibility index (Phi) is 7.47. The van der Waals surface area contributed by atoms with Gasteiger partial charge in [0, 0.05) is 81.9 Å². The van der Waals surface area contributed by atoms with Crippen LogP contribution in [0.3, 0.4) is 0 Å². The van der Waals surface area contributed by atoms with Crippen LogP contribution >= 0.6 is 0 Å².